The summed E-state index contributed by atoms with van der Waals surface area (Å²) >= 11 is 3.21. The summed E-state index contributed by atoms with van der Waals surface area (Å²) in [5, 5.41) is 1.87. The predicted molar refractivity (Wildman–Crippen MR) is 51.6 cm³/mol. The van der Waals surface area contributed by atoms with E-state index < -0.39 is 0 Å². The minimum absolute atomic E-state index is 0.235. The smallest absolute Gasteiger partial charge is 0.129 e. The molecular weight excluding hydrogens is 223 g/mol. The van der Waals surface area contributed by atoms with Crippen molar-refractivity contribution in [2.75, 3.05) is 12.1 Å². The molecular formula is C8H10BrFN2. The molecule has 4 heteroatoms. The van der Waals surface area contributed by atoms with Crippen LogP contribution in [0.1, 0.15) is 5.56 Å². The zero-order chi connectivity index (χ0) is 9.14. The van der Waals surface area contributed by atoms with Gasteiger partial charge >= 0.3 is 0 Å². The molecule has 0 saturated carbocycles. The number of hydrogen-bond donors (Lipinski definition) is 1. The van der Waals surface area contributed by atoms with Gasteiger partial charge in [-0.3, -0.25) is 0 Å². The summed E-state index contributed by atoms with van der Waals surface area (Å²) in [6.45, 7) is 0. The van der Waals surface area contributed by atoms with Gasteiger partial charge in [-0.1, -0.05) is 22.0 Å². The lowest BCUT2D eigenvalue weighted by Gasteiger charge is -2.15. The van der Waals surface area contributed by atoms with Gasteiger partial charge in [-0.15, -0.1) is 0 Å². The second kappa shape index (κ2) is 3.87. The van der Waals surface area contributed by atoms with Crippen LogP contribution in [0, 0.1) is 5.82 Å². The van der Waals surface area contributed by atoms with Crippen LogP contribution in [0.4, 0.5) is 10.1 Å². The van der Waals surface area contributed by atoms with Crippen LogP contribution in [0.3, 0.4) is 0 Å². The first-order valence-electron chi connectivity index (χ1n) is 3.48. The Hall–Kier alpha value is -0.610. The Morgan fingerprint density at radius 2 is 2.25 bits per heavy atom. The molecule has 0 saturated heterocycles. The summed E-state index contributed by atoms with van der Waals surface area (Å²) in [6.07, 6.45) is 0. The molecule has 2 N–H and O–H groups in total. The fourth-order valence-corrected chi connectivity index (χ4v) is 1.57. The highest BCUT2D eigenvalue weighted by molar-refractivity contribution is 9.08. The summed E-state index contributed by atoms with van der Waals surface area (Å²) in [7, 11) is 1.68. The van der Waals surface area contributed by atoms with Crippen molar-refractivity contribution in [2.45, 2.75) is 5.33 Å². The van der Waals surface area contributed by atoms with Crippen LogP contribution in [-0.4, -0.2) is 7.05 Å². The lowest BCUT2D eigenvalue weighted by Crippen LogP contribution is -2.26. The van der Waals surface area contributed by atoms with E-state index in [2.05, 4.69) is 15.9 Å². The Balaban J connectivity index is 3.18. The van der Waals surface area contributed by atoms with E-state index in [1.807, 2.05) is 0 Å². The molecule has 0 aromatic heterocycles. The van der Waals surface area contributed by atoms with Gasteiger partial charge < -0.3 is 5.01 Å². The van der Waals surface area contributed by atoms with Crippen molar-refractivity contribution in [1.29, 1.82) is 0 Å². The third-order valence-electron chi connectivity index (χ3n) is 1.61. The Labute approximate surface area is 79.3 Å². The lowest BCUT2D eigenvalue weighted by molar-refractivity contribution is 0.617. The average Bonchev–Trinajstić information content (AvgIpc) is 2.03. The van der Waals surface area contributed by atoms with Crippen LogP contribution in [0.25, 0.3) is 0 Å². The van der Waals surface area contributed by atoms with Crippen LogP contribution < -0.4 is 10.9 Å². The number of nitrogens with two attached hydrogens (primary N) is 1. The largest absolute Gasteiger partial charge is 0.314 e. The highest BCUT2D eigenvalue weighted by Gasteiger charge is 2.07. The highest BCUT2D eigenvalue weighted by atomic mass is 79.9. The maximum absolute atomic E-state index is 13.1. The van der Waals surface area contributed by atoms with E-state index in [1.54, 1.807) is 19.2 Å². The molecule has 0 aliphatic heterocycles. The number of rotatable bonds is 2. The molecule has 0 heterocycles. The number of nitrogens with zero attached hydrogens (tertiary/aromatic N) is 1. The van der Waals surface area contributed by atoms with E-state index >= 15 is 0 Å². The van der Waals surface area contributed by atoms with E-state index in [-0.39, 0.29) is 5.82 Å². The van der Waals surface area contributed by atoms with Crippen LogP contribution in [0.2, 0.25) is 0 Å². The maximum atomic E-state index is 13.1. The zero-order valence-corrected chi connectivity index (χ0v) is 8.31. The zero-order valence-electron chi connectivity index (χ0n) is 6.72. The summed E-state index contributed by atoms with van der Waals surface area (Å²) in [6, 6.07) is 4.84. The van der Waals surface area contributed by atoms with Gasteiger partial charge in [0, 0.05) is 17.9 Å². The molecule has 66 valence electrons. The second-order valence-corrected chi connectivity index (χ2v) is 3.04. The Bertz CT molecular complexity index is 276. The van der Waals surface area contributed by atoms with E-state index in [0.717, 1.165) is 0 Å². The van der Waals surface area contributed by atoms with Gasteiger partial charge in [-0.2, -0.15) is 0 Å². The molecule has 0 spiro atoms. The quantitative estimate of drug-likeness (QED) is 0.481. The van der Waals surface area contributed by atoms with Crippen LogP contribution >= 0.6 is 15.9 Å². The molecule has 0 fully saturated rings. The van der Waals surface area contributed by atoms with Crippen molar-refractivity contribution in [3.05, 3.63) is 29.6 Å². The van der Waals surface area contributed by atoms with Crippen molar-refractivity contribution >= 4 is 21.6 Å². The van der Waals surface area contributed by atoms with Crippen molar-refractivity contribution in [2.24, 2.45) is 5.84 Å². The Morgan fingerprint density at radius 1 is 1.58 bits per heavy atom. The minimum Gasteiger partial charge on any atom is -0.314 e. The van der Waals surface area contributed by atoms with Crippen molar-refractivity contribution in [3.8, 4) is 0 Å². The van der Waals surface area contributed by atoms with Crippen molar-refractivity contribution < 1.29 is 4.39 Å². The number of hydrogen-bond acceptors (Lipinski definition) is 2. The fourth-order valence-electron chi connectivity index (χ4n) is 1.01. The third-order valence-corrected chi connectivity index (χ3v) is 2.17. The number of benzene rings is 1. The van der Waals surface area contributed by atoms with E-state index in [4.69, 9.17) is 5.84 Å². The van der Waals surface area contributed by atoms with Crippen LogP contribution in [0.5, 0.6) is 0 Å². The standard InChI is InChI=1S/C8H10BrFN2/c1-12(11)8-4-2-3-7(10)6(8)5-9/h2-4H,5,11H2,1H3. The summed E-state index contributed by atoms with van der Waals surface area (Å²) in [5.41, 5.74) is 1.29. The van der Waals surface area contributed by atoms with Gasteiger partial charge in [-0.25, -0.2) is 10.2 Å². The van der Waals surface area contributed by atoms with E-state index in [1.165, 1.54) is 11.1 Å². The molecule has 0 atom stereocenters. The number of hydrazine groups is 1. The number of anilines is 1. The monoisotopic (exact) mass is 232 g/mol. The first-order chi connectivity index (χ1) is 5.66. The predicted octanol–water partition coefficient (Wildman–Crippen LogP) is 2.03. The van der Waals surface area contributed by atoms with Gasteiger partial charge in [0.25, 0.3) is 0 Å². The SMILES string of the molecule is CN(N)c1cccc(F)c1CBr. The van der Waals surface area contributed by atoms with E-state index in [0.29, 0.717) is 16.6 Å². The normalized spacial score (nSPS) is 10.0. The molecule has 0 radical (unpaired) electrons. The molecule has 0 amide bonds. The van der Waals surface area contributed by atoms with Gasteiger partial charge in [0.15, 0.2) is 0 Å². The van der Waals surface area contributed by atoms with Crippen LogP contribution in [-0.2, 0) is 5.33 Å². The Kier molecular flexibility index (Phi) is 3.05. The topological polar surface area (TPSA) is 29.3 Å². The second-order valence-electron chi connectivity index (χ2n) is 2.48. The molecule has 12 heavy (non-hydrogen) atoms. The summed E-state index contributed by atoms with van der Waals surface area (Å²) in [5.74, 6) is 5.27. The highest BCUT2D eigenvalue weighted by Crippen LogP contribution is 2.22. The minimum atomic E-state index is -0.235. The van der Waals surface area contributed by atoms with Gasteiger partial charge in [0.2, 0.25) is 0 Å². The summed E-state index contributed by atoms with van der Waals surface area (Å²) in [4.78, 5) is 0. The average molecular weight is 233 g/mol. The van der Waals surface area contributed by atoms with Crippen molar-refractivity contribution in [1.82, 2.24) is 0 Å². The van der Waals surface area contributed by atoms with Crippen molar-refractivity contribution in [3.63, 3.8) is 0 Å². The fraction of sp³-hybridized carbons (Fsp3) is 0.250. The van der Waals surface area contributed by atoms with Gasteiger partial charge in [0.05, 0.1) is 5.69 Å². The molecule has 1 rings (SSSR count). The third kappa shape index (κ3) is 1.76. The molecule has 0 unspecified atom stereocenters. The maximum Gasteiger partial charge on any atom is 0.129 e. The number of alkyl halides is 1. The van der Waals surface area contributed by atoms with Crippen LogP contribution in [0.15, 0.2) is 18.2 Å². The molecule has 2 nitrogen and oxygen atoms in total. The molecule has 1 aromatic rings. The molecule has 0 aliphatic carbocycles. The number of halogens is 2. The lowest BCUT2D eigenvalue weighted by atomic mass is 10.2. The van der Waals surface area contributed by atoms with E-state index in [9.17, 15) is 4.39 Å². The molecule has 0 aliphatic rings. The van der Waals surface area contributed by atoms with Gasteiger partial charge in [-0.05, 0) is 12.1 Å². The first kappa shape index (κ1) is 9.48. The summed E-state index contributed by atoms with van der Waals surface area (Å²) < 4.78 is 13.1. The molecule has 0 bridgehead atoms. The first-order valence-corrected chi connectivity index (χ1v) is 4.60. The Morgan fingerprint density at radius 3 is 2.67 bits per heavy atom. The molecule has 1 aromatic carbocycles. The van der Waals surface area contributed by atoms with Gasteiger partial charge in [0.1, 0.15) is 5.82 Å².